The molecule has 2 heterocycles. The predicted molar refractivity (Wildman–Crippen MR) is 64.9 cm³/mol. The van der Waals surface area contributed by atoms with Gasteiger partial charge in [0.1, 0.15) is 4.21 Å². The van der Waals surface area contributed by atoms with Crippen LogP contribution in [0.1, 0.15) is 16.8 Å². The lowest BCUT2D eigenvalue weighted by Crippen LogP contribution is -2.14. The summed E-state index contributed by atoms with van der Waals surface area (Å²) in [5.74, 6) is -0.307. The Balaban J connectivity index is 1.94. The van der Waals surface area contributed by atoms with Crippen LogP contribution in [0, 0.1) is 5.92 Å². The maximum Gasteiger partial charge on any atom is 0.339 e. The van der Waals surface area contributed by atoms with Crippen molar-refractivity contribution in [3.05, 3.63) is 17.0 Å². The van der Waals surface area contributed by atoms with E-state index in [1.54, 1.807) is 0 Å². The molecule has 0 radical (unpaired) electrons. The smallest absolute Gasteiger partial charge is 0.339 e. The van der Waals surface area contributed by atoms with Gasteiger partial charge in [0.05, 0.1) is 18.8 Å². The lowest BCUT2D eigenvalue weighted by Gasteiger charge is -2.07. The lowest BCUT2D eigenvalue weighted by atomic mass is 10.1. The van der Waals surface area contributed by atoms with E-state index >= 15 is 0 Å². The summed E-state index contributed by atoms with van der Waals surface area (Å²) in [6.45, 7) is 1.58. The Morgan fingerprint density at radius 2 is 2.39 bits per heavy atom. The van der Waals surface area contributed by atoms with E-state index in [0.29, 0.717) is 19.8 Å². The molecule has 1 aliphatic rings. The van der Waals surface area contributed by atoms with Crippen molar-refractivity contribution in [2.75, 3.05) is 19.8 Å². The van der Waals surface area contributed by atoms with Crippen molar-refractivity contribution in [3.8, 4) is 0 Å². The van der Waals surface area contributed by atoms with Gasteiger partial charge in [-0.25, -0.2) is 18.4 Å². The van der Waals surface area contributed by atoms with Crippen LogP contribution in [0.4, 0.5) is 0 Å². The highest BCUT2D eigenvalue weighted by Gasteiger charge is 2.20. The number of esters is 1. The molecule has 1 aromatic rings. The molecule has 0 spiro atoms. The van der Waals surface area contributed by atoms with Gasteiger partial charge < -0.3 is 9.47 Å². The zero-order chi connectivity index (χ0) is 13.2. The molecule has 2 N–H and O–H groups in total. The van der Waals surface area contributed by atoms with Gasteiger partial charge in [-0.15, -0.1) is 11.3 Å². The van der Waals surface area contributed by atoms with E-state index in [4.69, 9.17) is 14.6 Å². The van der Waals surface area contributed by atoms with Gasteiger partial charge in [-0.2, -0.15) is 0 Å². The molecule has 0 amide bonds. The van der Waals surface area contributed by atoms with Crippen molar-refractivity contribution in [3.63, 3.8) is 0 Å². The third-order valence-corrected chi connectivity index (χ3v) is 4.95. The molecule has 1 unspecified atom stereocenters. The SMILES string of the molecule is NS(=O)(=O)c1cc(C(=O)OCC2CCOC2)cs1. The standard InChI is InChI=1S/C10H13NO5S2/c11-18(13,14)9-3-8(6-17-9)10(12)16-5-7-1-2-15-4-7/h3,6-7H,1-2,4-5H2,(H2,11,13,14). The summed E-state index contributed by atoms with van der Waals surface area (Å²) in [6, 6.07) is 1.23. The highest BCUT2D eigenvalue weighted by molar-refractivity contribution is 7.91. The molecule has 1 atom stereocenters. The molecule has 100 valence electrons. The number of primary sulfonamides is 1. The van der Waals surface area contributed by atoms with Crippen LogP contribution in [0.25, 0.3) is 0 Å². The number of carbonyl (C=O) groups is 1. The number of rotatable bonds is 4. The molecule has 0 saturated carbocycles. The Bertz CT molecular complexity index is 530. The minimum absolute atomic E-state index is 0.0429. The zero-order valence-electron chi connectivity index (χ0n) is 9.50. The van der Waals surface area contributed by atoms with Gasteiger partial charge in [-0.1, -0.05) is 0 Å². The number of thiophene rings is 1. The average Bonchev–Trinajstić information content (AvgIpc) is 2.96. The van der Waals surface area contributed by atoms with Crippen molar-refractivity contribution >= 4 is 27.3 Å². The van der Waals surface area contributed by atoms with Crippen LogP contribution in [-0.2, 0) is 19.5 Å². The van der Waals surface area contributed by atoms with E-state index in [0.717, 1.165) is 17.8 Å². The normalized spacial score (nSPS) is 19.9. The summed E-state index contributed by atoms with van der Waals surface area (Å²) in [4.78, 5) is 11.6. The Labute approximate surface area is 109 Å². The fourth-order valence-corrected chi connectivity index (χ4v) is 3.14. The second-order valence-corrected chi connectivity index (χ2v) is 6.73. The first kappa shape index (κ1) is 13.5. The fourth-order valence-electron chi connectivity index (χ4n) is 1.56. The van der Waals surface area contributed by atoms with E-state index in [1.807, 2.05) is 0 Å². The van der Waals surface area contributed by atoms with Crippen molar-refractivity contribution in [1.82, 2.24) is 0 Å². The summed E-state index contributed by atoms with van der Waals surface area (Å²) >= 11 is 0.904. The van der Waals surface area contributed by atoms with E-state index in [1.165, 1.54) is 11.4 Å². The highest BCUT2D eigenvalue weighted by Crippen LogP contribution is 2.20. The summed E-state index contributed by atoms with van der Waals surface area (Å²) in [5, 5.41) is 6.38. The maximum atomic E-state index is 11.6. The van der Waals surface area contributed by atoms with Crippen LogP contribution in [0.3, 0.4) is 0 Å². The minimum Gasteiger partial charge on any atom is -0.462 e. The minimum atomic E-state index is -3.76. The van der Waals surface area contributed by atoms with Crippen molar-refractivity contribution in [2.45, 2.75) is 10.6 Å². The first-order valence-corrected chi connectivity index (χ1v) is 7.75. The van der Waals surface area contributed by atoms with Gasteiger partial charge in [0.15, 0.2) is 0 Å². The molecule has 0 aliphatic carbocycles. The quantitative estimate of drug-likeness (QED) is 0.819. The number of carbonyl (C=O) groups excluding carboxylic acids is 1. The molecule has 1 aromatic heterocycles. The van der Waals surface area contributed by atoms with Gasteiger partial charge >= 0.3 is 5.97 Å². The van der Waals surface area contributed by atoms with E-state index in [-0.39, 0.29) is 15.7 Å². The number of sulfonamides is 1. The summed E-state index contributed by atoms with van der Waals surface area (Å²) in [6.07, 6.45) is 0.874. The topological polar surface area (TPSA) is 95.7 Å². The molecule has 0 aromatic carbocycles. The van der Waals surface area contributed by atoms with Crippen LogP contribution < -0.4 is 5.14 Å². The second-order valence-electron chi connectivity index (χ2n) is 4.03. The van der Waals surface area contributed by atoms with Gasteiger partial charge in [0, 0.05) is 17.9 Å². The molecular formula is C10H13NO5S2. The lowest BCUT2D eigenvalue weighted by molar-refractivity contribution is 0.0428. The Kier molecular flexibility index (Phi) is 4.00. The van der Waals surface area contributed by atoms with E-state index in [2.05, 4.69) is 0 Å². The largest absolute Gasteiger partial charge is 0.462 e. The van der Waals surface area contributed by atoms with Crippen LogP contribution in [0.15, 0.2) is 15.7 Å². The van der Waals surface area contributed by atoms with Gasteiger partial charge in [0.2, 0.25) is 10.0 Å². The third kappa shape index (κ3) is 3.29. The monoisotopic (exact) mass is 291 g/mol. The Morgan fingerprint density at radius 1 is 1.61 bits per heavy atom. The number of hydrogen-bond acceptors (Lipinski definition) is 6. The summed E-state index contributed by atoms with van der Waals surface area (Å²) in [7, 11) is -3.76. The number of hydrogen-bond donors (Lipinski definition) is 1. The summed E-state index contributed by atoms with van der Waals surface area (Å²) in [5.41, 5.74) is 0.211. The predicted octanol–water partition coefficient (Wildman–Crippen LogP) is 0.589. The second kappa shape index (κ2) is 5.35. The van der Waals surface area contributed by atoms with E-state index < -0.39 is 16.0 Å². The van der Waals surface area contributed by atoms with Crippen molar-refractivity contribution < 1.29 is 22.7 Å². The van der Waals surface area contributed by atoms with Gasteiger partial charge in [-0.3, -0.25) is 0 Å². The first-order valence-electron chi connectivity index (χ1n) is 5.33. The fraction of sp³-hybridized carbons (Fsp3) is 0.500. The molecule has 1 fully saturated rings. The van der Waals surface area contributed by atoms with Gasteiger partial charge in [-0.05, 0) is 12.5 Å². The summed E-state index contributed by atoms with van der Waals surface area (Å²) < 4.78 is 32.3. The third-order valence-electron chi connectivity index (χ3n) is 2.57. The number of nitrogens with two attached hydrogens (primary N) is 1. The first-order chi connectivity index (χ1) is 8.47. The Morgan fingerprint density at radius 3 is 2.94 bits per heavy atom. The van der Waals surface area contributed by atoms with Crippen molar-refractivity contribution in [1.29, 1.82) is 0 Å². The molecule has 1 aliphatic heterocycles. The van der Waals surface area contributed by atoms with Gasteiger partial charge in [0.25, 0.3) is 0 Å². The molecular weight excluding hydrogens is 278 g/mol. The molecule has 1 saturated heterocycles. The van der Waals surface area contributed by atoms with Crippen LogP contribution in [-0.4, -0.2) is 34.2 Å². The van der Waals surface area contributed by atoms with Crippen LogP contribution >= 0.6 is 11.3 Å². The van der Waals surface area contributed by atoms with Crippen LogP contribution in [0.5, 0.6) is 0 Å². The van der Waals surface area contributed by atoms with E-state index in [9.17, 15) is 13.2 Å². The molecule has 8 heteroatoms. The molecule has 6 nitrogen and oxygen atoms in total. The van der Waals surface area contributed by atoms with Crippen molar-refractivity contribution in [2.24, 2.45) is 11.1 Å². The highest BCUT2D eigenvalue weighted by atomic mass is 32.2. The Hall–Kier alpha value is -0.960. The molecule has 0 bridgehead atoms. The molecule has 2 rings (SSSR count). The zero-order valence-corrected chi connectivity index (χ0v) is 11.1. The molecule has 18 heavy (non-hydrogen) atoms. The number of ether oxygens (including phenoxy) is 2. The maximum absolute atomic E-state index is 11.6. The average molecular weight is 291 g/mol. The van der Waals surface area contributed by atoms with Crippen LogP contribution in [0.2, 0.25) is 0 Å².